The molecule has 1 amide bonds. The van der Waals surface area contributed by atoms with Crippen molar-refractivity contribution in [2.24, 2.45) is 0 Å². The van der Waals surface area contributed by atoms with Crippen LogP contribution in [0.1, 0.15) is 30.0 Å². The number of carbonyl (C=O) groups is 1. The largest absolute Gasteiger partial charge is 0.341 e. The molecule has 0 atom stereocenters. The number of amides is 1. The summed E-state index contributed by atoms with van der Waals surface area (Å²) in [7, 11) is 0. The van der Waals surface area contributed by atoms with E-state index >= 15 is 0 Å². The Balaban J connectivity index is 1.44. The van der Waals surface area contributed by atoms with Gasteiger partial charge in [-0.3, -0.25) is 14.7 Å². The monoisotopic (exact) mass is 350 g/mol. The molecule has 0 radical (unpaired) electrons. The number of aromatic nitrogens is 3. The summed E-state index contributed by atoms with van der Waals surface area (Å²) in [4.78, 5) is 27.1. The Morgan fingerprint density at radius 3 is 2.73 bits per heavy atom. The standard InChI is InChI=1S/C20H22N4O2/c1-14-18(12-21-22-14)16-6-9-23(10-7-16)19(25)13-24-11-8-15-4-2-3-5-17(15)20(24)26/h2-5,8,11-12,16H,6-7,9-10,13H2,1H3,(H,21,22). The van der Waals surface area contributed by atoms with Crippen molar-refractivity contribution in [3.63, 3.8) is 0 Å². The number of nitrogens with zero attached hydrogens (tertiary/aromatic N) is 3. The normalized spacial score (nSPS) is 15.5. The molecule has 0 bridgehead atoms. The van der Waals surface area contributed by atoms with Crippen LogP contribution in [0.25, 0.3) is 10.8 Å². The number of pyridine rings is 1. The van der Waals surface area contributed by atoms with Gasteiger partial charge in [0.15, 0.2) is 0 Å². The number of hydrogen-bond acceptors (Lipinski definition) is 3. The summed E-state index contributed by atoms with van der Waals surface area (Å²) in [6.07, 6.45) is 5.47. The number of rotatable bonds is 3. The number of benzene rings is 1. The van der Waals surface area contributed by atoms with Gasteiger partial charge in [0.25, 0.3) is 5.56 Å². The van der Waals surface area contributed by atoms with Crippen LogP contribution in [0.3, 0.4) is 0 Å². The van der Waals surface area contributed by atoms with Crippen LogP contribution in [0.2, 0.25) is 0 Å². The third kappa shape index (κ3) is 3.03. The van der Waals surface area contributed by atoms with E-state index in [-0.39, 0.29) is 18.0 Å². The average Bonchev–Trinajstić information content (AvgIpc) is 3.10. The maximum Gasteiger partial charge on any atom is 0.258 e. The van der Waals surface area contributed by atoms with Gasteiger partial charge in [-0.15, -0.1) is 0 Å². The Hall–Kier alpha value is -2.89. The van der Waals surface area contributed by atoms with E-state index in [1.807, 2.05) is 42.3 Å². The zero-order valence-corrected chi connectivity index (χ0v) is 14.8. The van der Waals surface area contributed by atoms with Crippen molar-refractivity contribution in [1.29, 1.82) is 0 Å². The van der Waals surface area contributed by atoms with Crippen LogP contribution < -0.4 is 5.56 Å². The molecule has 134 valence electrons. The van der Waals surface area contributed by atoms with Crippen molar-refractivity contribution in [3.8, 4) is 0 Å². The first-order valence-electron chi connectivity index (χ1n) is 8.99. The van der Waals surface area contributed by atoms with Crippen molar-refractivity contribution < 1.29 is 4.79 Å². The molecular formula is C20H22N4O2. The van der Waals surface area contributed by atoms with Gasteiger partial charge >= 0.3 is 0 Å². The number of hydrogen-bond donors (Lipinski definition) is 1. The van der Waals surface area contributed by atoms with Crippen LogP contribution in [-0.2, 0) is 11.3 Å². The van der Waals surface area contributed by atoms with Crippen LogP contribution in [-0.4, -0.2) is 38.7 Å². The summed E-state index contributed by atoms with van der Waals surface area (Å²) in [6.45, 7) is 3.57. The minimum atomic E-state index is -0.111. The summed E-state index contributed by atoms with van der Waals surface area (Å²) in [5.74, 6) is 0.450. The Bertz CT molecular complexity index is 996. The van der Waals surface area contributed by atoms with E-state index in [9.17, 15) is 9.59 Å². The fourth-order valence-corrected chi connectivity index (χ4v) is 3.81. The Morgan fingerprint density at radius 1 is 1.23 bits per heavy atom. The number of nitrogens with one attached hydrogen (secondary N) is 1. The lowest BCUT2D eigenvalue weighted by atomic mass is 9.90. The molecule has 1 fully saturated rings. The zero-order chi connectivity index (χ0) is 18.1. The molecule has 1 aliphatic heterocycles. The fourth-order valence-electron chi connectivity index (χ4n) is 3.81. The Labute approximate surface area is 151 Å². The number of carbonyl (C=O) groups excluding carboxylic acids is 1. The Morgan fingerprint density at radius 2 is 2.00 bits per heavy atom. The molecule has 26 heavy (non-hydrogen) atoms. The zero-order valence-electron chi connectivity index (χ0n) is 14.8. The third-order valence-electron chi connectivity index (χ3n) is 5.35. The second-order valence-electron chi connectivity index (χ2n) is 6.94. The maximum atomic E-state index is 12.7. The van der Waals surface area contributed by atoms with Gasteiger partial charge in [-0.25, -0.2) is 0 Å². The lowest BCUT2D eigenvalue weighted by molar-refractivity contribution is -0.132. The highest BCUT2D eigenvalue weighted by atomic mass is 16.2. The van der Waals surface area contributed by atoms with Crippen molar-refractivity contribution in [1.82, 2.24) is 19.7 Å². The van der Waals surface area contributed by atoms with Gasteiger partial charge in [0, 0.05) is 30.4 Å². The molecule has 0 spiro atoms. The number of fused-ring (bicyclic) bond motifs is 1. The molecule has 1 aromatic carbocycles. The highest BCUT2D eigenvalue weighted by molar-refractivity contribution is 5.82. The van der Waals surface area contributed by atoms with Gasteiger partial charge in [0.1, 0.15) is 6.54 Å². The summed E-state index contributed by atoms with van der Waals surface area (Å²) >= 11 is 0. The fraction of sp³-hybridized carbons (Fsp3) is 0.350. The predicted molar refractivity (Wildman–Crippen MR) is 100 cm³/mol. The first-order valence-corrected chi connectivity index (χ1v) is 8.99. The lowest BCUT2D eigenvalue weighted by Crippen LogP contribution is -2.41. The summed E-state index contributed by atoms with van der Waals surface area (Å²) < 4.78 is 1.51. The molecule has 3 heterocycles. The van der Waals surface area contributed by atoms with E-state index in [1.54, 1.807) is 12.3 Å². The van der Waals surface area contributed by atoms with E-state index in [0.717, 1.165) is 37.0 Å². The molecule has 1 N–H and O–H groups in total. The van der Waals surface area contributed by atoms with Crippen molar-refractivity contribution in [2.45, 2.75) is 32.2 Å². The van der Waals surface area contributed by atoms with Gasteiger partial charge in [0.05, 0.1) is 6.20 Å². The molecule has 1 aliphatic rings. The van der Waals surface area contributed by atoms with Crippen molar-refractivity contribution in [2.75, 3.05) is 13.1 Å². The van der Waals surface area contributed by atoms with Crippen LogP contribution in [0, 0.1) is 6.92 Å². The number of likely N-dealkylation sites (tertiary alicyclic amines) is 1. The Kier molecular flexibility index (Phi) is 4.32. The van der Waals surface area contributed by atoms with Crippen molar-refractivity contribution in [3.05, 3.63) is 64.3 Å². The van der Waals surface area contributed by atoms with Gasteiger partial charge in [0.2, 0.25) is 5.91 Å². The van der Waals surface area contributed by atoms with Crippen LogP contribution in [0.15, 0.2) is 47.5 Å². The lowest BCUT2D eigenvalue weighted by Gasteiger charge is -2.32. The van der Waals surface area contributed by atoms with E-state index in [1.165, 1.54) is 10.1 Å². The summed E-state index contributed by atoms with van der Waals surface area (Å²) in [5, 5.41) is 8.63. The van der Waals surface area contributed by atoms with Crippen molar-refractivity contribution >= 4 is 16.7 Å². The third-order valence-corrected chi connectivity index (χ3v) is 5.35. The van der Waals surface area contributed by atoms with Gasteiger partial charge in [-0.05, 0) is 48.8 Å². The SMILES string of the molecule is Cc1[nH]ncc1C1CCN(C(=O)Cn2ccc3ccccc3c2=O)CC1. The van der Waals surface area contributed by atoms with E-state index < -0.39 is 0 Å². The molecule has 4 rings (SSSR count). The maximum absolute atomic E-state index is 12.7. The number of H-pyrrole nitrogens is 1. The highest BCUT2D eigenvalue weighted by Crippen LogP contribution is 2.29. The molecule has 0 unspecified atom stereocenters. The van der Waals surface area contributed by atoms with Crippen LogP contribution in [0.4, 0.5) is 0 Å². The highest BCUT2D eigenvalue weighted by Gasteiger charge is 2.25. The topological polar surface area (TPSA) is 71.0 Å². The number of aromatic amines is 1. The molecule has 6 heteroatoms. The molecule has 1 saturated heterocycles. The number of piperidine rings is 1. The molecule has 0 saturated carbocycles. The molecule has 3 aromatic rings. The van der Waals surface area contributed by atoms with Gasteiger partial charge in [-0.2, -0.15) is 5.10 Å². The minimum Gasteiger partial charge on any atom is -0.341 e. The first-order chi connectivity index (χ1) is 12.6. The quantitative estimate of drug-likeness (QED) is 0.789. The van der Waals surface area contributed by atoms with Crippen LogP contribution in [0.5, 0.6) is 0 Å². The first kappa shape index (κ1) is 16.6. The average molecular weight is 350 g/mol. The molecule has 2 aromatic heterocycles. The summed E-state index contributed by atoms with van der Waals surface area (Å²) in [6, 6.07) is 9.35. The molecule has 0 aliphatic carbocycles. The van der Waals surface area contributed by atoms with E-state index in [4.69, 9.17) is 0 Å². The van der Waals surface area contributed by atoms with Gasteiger partial charge in [-0.1, -0.05) is 18.2 Å². The minimum absolute atomic E-state index is 0.00440. The van der Waals surface area contributed by atoms with Crippen LogP contribution >= 0.6 is 0 Å². The molecular weight excluding hydrogens is 328 g/mol. The van der Waals surface area contributed by atoms with E-state index in [2.05, 4.69) is 10.2 Å². The summed E-state index contributed by atoms with van der Waals surface area (Å²) in [5.41, 5.74) is 2.25. The van der Waals surface area contributed by atoms with E-state index in [0.29, 0.717) is 11.3 Å². The van der Waals surface area contributed by atoms with Gasteiger partial charge < -0.3 is 9.47 Å². The molecule has 6 nitrogen and oxygen atoms in total. The second kappa shape index (κ2) is 6.78. The number of aryl methyl sites for hydroxylation is 1. The smallest absolute Gasteiger partial charge is 0.258 e. The second-order valence-corrected chi connectivity index (χ2v) is 6.94. The predicted octanol–water partition coefficient (Wildman–Crippen LogP) is 2.44.